The highest BCUT2D eigenvalue weighted by Gasteiger charge is 2.27. The molecule has 0 aliphatic rings. The molecule has 2 rings (SSSR count). The minimum absolute atomic E-state index is 0.0454. The molecule has 2 aromatic carbocycles. The first kappa shape index (κ1) is 20.8. The Hall–Kier alpha value is -2.52. The van der Waals surface area contributed by atoms with E-state index in [1.54, 1.807) is 32.0 Å². The molecule has 0 radical (unpaired) electrons. The topological polar surface area (TPSA) is 101 Å². The third-order valence-electron chi connectivity index (χ3n) is 3.82. The van der Waals surface area contributed by atoms with Gasteiger partial charge in [0, 0.05) is 11.3 Å². The van der Waals surface area contributed by atoms with E-state index in [0.717, 1.165) is 5.56 Å². The van der Waals surface area contributed by atoms with E-state index >= 15 is 0 Å². The molecule has 0 unspecified atom stereocenters. The van der Waals surface area contributed by atoms with Gasteiger partial charge in [-0.1, -0.05) is 18.2 Å². The summed E-state index contributed by atoms with van der Waals surface area (Å²) in [4.78, 5) is 12.2. The lowest BCUT2D eigenvalue weighted by molar-refractivity contribution is 0.0118. The van der Waals surface area contributed by atoms with Gasteiger partial charge in [-0.2, -0.15) is 0 Å². The maximum absolute atomic E-state index is 13.2. The molecule has 146 valence electrons. The molecule has 0 aliphatic carbocycles. The number of alkyl halides is 2. The van der Waals surface area contributed by atoms with Gasteiger partial charge in [-0.15, -0.1) is 0 Å². The van der Waals surface area contributed by atoms with Crippen LogP contribution < -0.4 is 15.8 Å². The highest BCUT2D eigenvalue weighted by molar-refractivity contribution is 7.92. The van der Waals surface area contributed by atoms with Crippen molar-refractivity contribution in [3.8, 4) is 0 Å². The van der Waals surface area contributed by atoms with Crippen molar-refractivity contribution >= 4 is 21.6 Å². The van der Waals surface area contributed by atoms with Crippen molar-refractivity contribution in [2.24, 2.45) is 5.73 Å². The van der Waals surface area contributed by atoms with E-state index in [4.69, 9.17) is 5.73 Å². The van der Waals surface area contributed by atoms with Crippen LogP contribution in [-0.4, -0.2) is 33.3 Å². The molecule has 0 aliphatic heterocycles. The zero-order valence-electron chi connectivity index (χ0n) is 14.9. The summed E-state index contributed by atoms with van der Waals surface area (Å²) in [5.41, 5.74) is 6.48. The predicted octanol–water partition coefficient (Wildman–Crippen LogP) is 2.43. The van der Waals surface area contributed by atoms with Gasteiger partial charge < -0.3 is 11.1 Å². The number of anilines is 1. The molecule has 0 saturated carbocycles. The van der Waals surface area contributed by atoms with Crippen molar-refractivity contribution in [3.63, 3.8) is 0 Å². The van der Waals surface area contributed by atoms with Gasteiger partial charge in [0.15, 0.2) is 0 Å². The number of benzene rings is 2. The largest absolute Gasteiger partial charge is 0.346 e. The Labute approximate surface area is 156 Å². The first-order chi connectivity index (χ1) is 12.5. The third-order valence-corrected chi connectivity index (χ3v) is 5.34. The van der Waals surface area contributed by atoms with Gasteiger partial charge in [-0.3, -0.25) is 9.52 Å². The highest BCUT2D eigenvalue weighted by atomic mass is 32.2. The number of carbonyl (C=O) groups excluding carboxylic acids is 1. The number of nitrogens with one attached hydrogen (secondary N) is 2. The fraction of sp³-hybridized carbons (Fsp3) is 0.278. The first-order valence-electron chi connectivity index (χ1n) is 8.10. The van der Waals surface area contributed by atoms with E-state index < -0.39 is 34.9 Å². The molecule has 9 heteroatoms. The summed E-state index contributed by atoms with van der Waals surface area (Å²) < 4.78 is 54.0. The quantitative estimate of drug-likeness (QED) is 0.668. The van der Waals surface area contributed by atoms with Crippen LogP contribution in [0.15, 0.2) is 47.4 Å². The number of hydrogen-bond acceptors (Lipinski definition) is 4. The molecule has 0 aromatic heterocycles. The molecule has 6 nitrogen and oxygen atoms in total. The van der Waals surface area contributed by atoms with Gasteiger partial charge in [-0.25, -0.2) is 17.2 Å². The number of amides is 1. The van der Waals surface area contributed by atoms with Gasteiger partial charge in [0.05, 0.1) is 18.0 Å². The fourth-order valence-corrected chi connectivity index (χ4v) is 3.69. The zero-order chi connectivity index (χ0) is 20.2. The molecule has 0 spiro atoms. The van der Waals surface area contributed by atoms with Gasteiger partial charge in [0.2, 0.25) is 0 Å². The number of halogens is 2. The first-order valence-corrected chi connectivity index (χ1v) is 9.59. The van der Waals surface area contributed by atoms with Crippen LogP contribution in [0.3, 0.4) is 0 Å². The van der Waals surface area contributed by atoms with E-state index in [1.807, 2.05) is 0 Å². The average molecular weight is 397 g/mol. The zero-order valence-corrected chi connectivity index (χ0v) is 15.7. The number of aryl methyl sites for hydroxylation is 2. The third kappa shape index (κ3) is 5.48. The number of rotatable bonds is 7. The number of hydrogen-bond donors (Lipinski definition) is 3. The van der Waals surface area contributed by atoms with Crippen molar-refractivity contribution in [1.29, 1.82) is 0 Å². The Morgan fingerprint density at radius 3 is 2.52 bits per heavy atom. The Balaban J connectivity index is 2.20. The molecule has 27 heavy (non-hydrogen) atoms. The average Bonchev–Trinajstić information content (AvgIpc) is 2.61. The Bertz CT molecular complexity index is 947. The Morgan fingerprint density at radius 2 is 1.85 bits per heavy atom. The van der Waals surface area contributed by atoms with Crippen LogP contribution >= 0.6 is 0 Å². The lowest BCUT2D eigenvalue weighted by atomic mass is 10.2. The van der Waals surface area contributed by atoms with Gasteiger partial charge in [0.25, 0.3) is 21.9 Å². The van der Waals surface area contributed by atoms with Crippen LogP contribution in [0, 0.1) is 13.8 Å². The van der Waals surface area contributed by atoms with Crippen LogP contribution in [0.1, 0.15) is 21.5 Å². The van der Waals surface area contributed by atoms with Crippen molar-refractivity contribution in [2.45, 2.75) is 24.7 Å². The van der Waals surface area contributed by atoms with Crippen LogP contribution in [0.2, 0.25) is 0 Å². The van der Waals surface area contributed by atoms with Gasteiger partial charge in [0.1, 0.15) is 0 Å². The minimum Gasteiger partial charge on any atom is -0.346 e. The Morgan fingerprint density at radius 1 is 1.15 bits per heavy atom. The molecule has 0 heterocycles. The van der Waals surface area contributed by atoms with E-state index in [1.165, 1.54) is 24.3 Å². The van der Waals surface area contributed by atoms with Gasteiger partial charge in [-0.05, 0) is 49.2 Å². The Kier molecular flexibility index (Phi) is 6.17. The van der Waals surface area contributed by atoms with E-state index in [9.17, 15) is 22.0 Å². The van der Waals surface area contributed by atoms with Crippen molar-refractivity contribution in [2.75, 3.05) is 17.8 Å². The standard InChI is InChI=1S/C18H21F2N3O3S/c1-12-6-7-13(2)16(8-12)27(25,26)23-15-5-3-4-14(9-15)17(24)22-11-18(19,20)10-21/h3-9,23H,10-11,21H2,1-2H3,(H,22,24). The summed E-state index contributed by atoms with van der Waals surface area (Å²) in [5, 5.41) is 2.08. The van der Waals surface area contributed by atoms with Crippen LogP contribution in [0.4, 0.5) is 14.5 Å². The second-order valence-corrected chi connectivity index (χ2v) is 7.85. The number of nitrogens with two attached hydrogens (primary N) is 1. The van der Waals surface area contributed by atoms with Crippen molar-refractivity contribution in [1.82, 2.24) is 5.32 Å². The van der Waals surface area contributed by atoms with E-state index in [2.05, 4.69) is 10.0 Å². The summed E-state index contributed by atoms with van der Waals surface area (Å²) in [5.74, 6) is -3.96. The molecule has 4 N–H and O–H groups in total. The second-order valence-electron chi connectivity index (χ2n) is 6.20. The summed E-state index contributed by atoms with van der Waals surface area (Å²) in [6.07, 6.45) is 0. The number of carbonyl (C=O) groups is 1. The van der Waals surface area contributed by atoms with Crippen molar-refractivity contribution in [3.05, 3.63) is 59.2 Å². The van der Waals surface area contributed by atoms with Crippen LogP contribution in [0.5, 0.6) is 0 Å². The smallest absolute Gasteiger partial charge is 0.277 e. The summed E-state index contributed by atoms with van der Waals surface area (Å²) in [7, 11) is -3.87. The molecule has 0 saturated heterocycles. The van der Waals surface area contributed by atoms with E-state index in [0.29, 0.717) is 5.56 Å². The molecule has 0 fully saturated rings. The van der Waals surface area contributed by atoms with E-state index in [-0.39, 0.29) is 16.1 Å². The maximum atomic E-state index is 13.2. The SMILES string of the molecule is Cc1ccc(C)c(S(=O)(=O)Nc2cccc(C(=O)NCC(F)(F)CN)c2)c1. The molecule has 0 bridgehead atoms. The molecule has 0 atom stereocenters. The summed E-state index contributed by atoms with van der Waals surface area (Å²) >= 11 is 0. The monoisotopic (exact) mass is 397 g/mol. The summed E-state index contributed by atoms with van der Waals surface area (Å²) in [6.45, 7) is 1.67. The molecule has 2 aromatic rings. The summed E-state index contributed by atoms with van der Waals surface area (Å²) in [6, 6.07) is 10.6. The molecular weight excluding hydrogens is 376 g/mol. The fourth-order valence-electron chi connectivity index (χ4n) is 2.31. The van der Waals surface area contributed by atoms with Crippen molar-refractivity contribution < 1.29 is 22.0 Å². The molecular formula is C18H21F2N3O3S. The maximum Gasteiger partial charge on any atom is 0.277 e. The lowest BCUT2D eigenvalue weighted by Crippen LogP contribution is -2.41. The van der Waals surface area contributed by atoms with Gasteiger partial charge >= 0.3 is 0 Å². The second kappa shape index (κ2) is 8.01. The molecule has 1 amide bonds. The van der Waals surface area contributed by atoms with Crippen LogP contribution in [0.25, 0.3) is 0 Å². The number of sulfonamides is 1. The normalized spacial score (nSPS) is 11.9. The minimum atomic E-state index is -3.87. The lowest BCUT2D eigenvalue weighted by Gasteiger charge is -2.15. The predicted molar refractivity (Wildman–Crippen MR) is 99.5 cm³/mol. The highest BCUT2D eigenvalue weighted by Crippen LogP contribution is 2.21. The van der Waals surface area contributed by atoms with Crippen LogP contribution in [-0.2, 0) is 10.0 Å².